The van der Waals surface area contributed by atoms with Crippen molar-refractivity contribution >= 4 is 59.2 Å². The van der Waals surface area contributed by atoms with Gasteiger partial charge in [-0.15, -0.1) is 0 Å². The van der Waals surface area contributed by atoms with Gasteiger partial charge in [-0.05, 0) is 95.7 Å². The van der Waals surface area contributed by atoms with Gasteiger partial charge in [-0.2, -0.15) is 0 Å². The Bertz CT molecular complexity index is 1460. The van der Waals surface area contributed by atoms with E-state index in [1.165, 1.54) is 18.9 Å². The molecule has 1 unspecified atom stereocenters. The summed E-state index contributed by atoms with van der Waals surface area (Å²) in [6, 6.07) is 17.8. The quantitative estimate of drug-likeness (QED) is 0.285. The van der Waals surface area contributed by atoms with E-state index in [9.17, 15) is 13.2 Å². The van der Waals surface area contributed by atoms with Gasteiger partial charge in [0.25, 0.3) is 10.0 Å². The molecule has 0 spiro atoms. The number of hydrogen-bond acceptors (Lipinski definition) is 5. The largest absolute Gasteiger partial charge is 0.493 e. The minimum Gasteiger partial charge on any atom is -0.493 e. The lowest BCUT2D eigenvalue weighted by atomic mass is 9.98. The normalized spacial score (nSPS) is 18.1. The van der Waals surface area contributed by atoms with Crippen LogP contribution in [0.5, 0.6) is 11.5 Å². The summed E-state index contributed by atoms with van der Waals surface area (Å²) in [5.41, 5.74) is 2.04. The van der Waals surface area contributed by atoms with Gasteiger partial charge in [-0.1, -0.05) is 28.1 Å². The number of carbonyl (C=O) groups excluding carboxylic acids is 1. The molecule has 1 atom stereocenters. The minimum absolute atomic E-state index is 0.0150. The average molecular weight is 664 g/mol. The van der Waals surface area contributed by atoms with Crippen LogP contribution in [-0.4, -0.2) is 34.1 Å². The van der Waals surface area contributed by atoms with Crippen molar-refractivity contribution in [2.45, 2.75) is 49.0 Å². The van der Waals surface area contributed by atoms with Crippen molar-refractivity contribution in [2.75, 3.05) is 23.3 Å². The summed E-state index contributed by atoms with van der Waals surface area (Å²) in [5, 5.41) is 0. The highest BCUT2D eigenvalue weighted by molar-refractivity contribution is 9.11. The fraction of sp³-hybridized carbons (Fsp3) is 0.321. The summed E-state index contributed by atoms with van der Waals surface area (Å²) < 4.78 is 41.6. The maximum Gasteiger partial charge on any atom is 0.263 e. The molecule has 3 aromatic carbocycles. The Morgan fingerprint density at radius 3 is 2.53 bits per heavy atom. The summed E-state index contributed by atoms with van der Waals surface area (Å²) in [4.78, 5) is 14.9. The molecular formula is C28H28Br2N2O5S. The van der Waals surface area contributed by atoms with Gasteiger partial charge in [-0.25, -0.2) is 8.42 Å². The molecule has 7 nitrogen and oxygen atoms in total. The number of halogens is 2. The summed E-state index contributed by atoms with van der Waals surface area (Å²) in [6.45, 7) is 0.488. The summed E-state index contributed by atoms with van der Waals surface area (Å²) in [7, 11) is -2.22. The second kappa shape index (κ2) is 11.3. The number of benzene rings is 3. The van der Waals surface area contributed by atoms with E-state index < -0.39 is 10.0 Å². The van der Waals surface area contributed by atoms with Crippen molar-refractivity contribution in [3.8, 4) is 11.5 Å². The molecule has 200 valence electrons. The molecule has 1 N–H and O–H groups in total. The average Bonchev–Trinajstić information content (AvgIpc) is 3.55. The lowest BCUT2D eigenvalue weighted by Crippen LogP contribution is -2.24. The van der Waals surface area contributed by atoms with Crippen molar-refractivity contribution in [1.82, 2.24) is 0 Å². The molecule has 1 aliphatic heterocycles. The Morgan fingerprint density at radius 2 is 1.76 bits per heavy atom. The smallest absolute Gasteiger partial charge is 0.263 e. The minimum atomic E-state index is -3.85. The van der Waals surface area contributed by atoms with E-state index in [4.69, 9.17) is 9.47 Å². The fourth-order valence-electron chi connectivity index (χ4n) is 5.04. The lowest BCUT2D eigenvalue weighted by Gasteiger charge is -2.20. The number of sulfonamides is 1. The van der Waals surface area contributed by atoms with E-state index >= 15 is 0 Å². The van der Waals surface area contributed by atoms with Gasteiger partial charge in [0.15, 0.2) is 11.5 Å². The second-order valence-corrected chi connectivity index (χ2v) is 13.0. The van der Waals surface area contributed by atoms with Gasteiger partial charge in [0.1, 0.15) is 4.90 Å². The Balaban J connectivity index is 1.34. The maximum atomic E-state index is 13.1. The molecule has 3 aromatic rings. The van der Waals surface area contributed by atoms with Gasteiger partial charge in [-0.3, -0.25) is 9.52 Å². The Hall–Kier alpha value is -2.56. The summed E-state index contributed by atoms with van der Waals surface area (Å²) in [6.07, 6.45) is 4.99. The van der Waals surface area contributed by atoms with E-state index in [2.05, 4.69) is 36.6 Å². The predicted octanol–water partition coefficient (Wildman–Crippen LogP) is 6.86. The highest BCUT2D eigenvalue weighted by Gasteiger charge is 2.33. The second-order valence-electron chi connectivity index (χ2n) is 9.57. The summed E-state index contributed by atoms with van der Waals surface area (Å²) >= 11 is 6.64. The highest BCUT2D eigenvalue weighted by atomic mass is 79.9. The fourth-order valence-corrected chi connectivity index (χ4v) is 7.59. The van der Waals surface area contributed by atoms with Crippen LogP contribution in [0.4, 0.5) is 11.4 Å². The molecule has 5 rings (SSSR count). The highest BCUT2D eigenvalue weighted by Crippen LogP contribution is 2.38. The van der Waals surface area contributed by atoms with Crippen LogP contribution in [-0.2, 0) is 14.8 Å². The number of methoxy groups -OCH3 is 1. The van der Waals surface area contributed by atoms with Crippen LogP contribution in [0.25, 0.3) is 0 Å². The monoisotopic (exact) mass is 662 g/mol. The zero-order chi connectivity index (χ0) is 26.9. The van der Waals surface area contributed by atoms with Crippen molar-refractivity contribution in [1.29, 1.82) is 0 Å². The zero-order valence-corrected chi connectivity index (χ0v) is 24.8. The molecule has 2 aliphatic rings. The molecule has 10 heteroatoms. The number of ether oxygens (including phenoxy) is 2. The zero-order valence-electron chi connectivity index (χ0n) is 20.8. The molecule has 0 bridgehead atoms. The number of carbonyl (C=O) groups is 1. The van der Waals surface area contributed by atoms with Crippen LogP contribution in [0, 0.1) is 0 Å². The third-order valence-corrected chi connectivity index (χ3v) is 9.84. The maximum absolute atomic E-state index is 13.1. The Kier molecular flexibility index (Phi) is 8.02. The first kappa shape index (κ1) is 27.0. The Morgan fingerprint density at radius 1 is 0.974 bits per heavy atom. The number of amides is 1. The molecule has 0 aromatic heterocycles. The topological polar surface area (TPSA) is 84.9 Å². The number of rotatable bonds is 8. The lowest BCUT2D eigenvalue weighted by molar-refractivity contribution is -0.117. The molecule has 38 heavy (non-hydrogen) atoms. The van der Waals surface area contributed by atoms with E-state index in [1.807, 2.05) is 24.3 Å². The third-order valence-electron chi connectivity index (χ3n) is 6.97. The van der Waals surface area contributed by atoms with Crippen molar-refractivity contribution < 1.29 is 22.7 Å². The van der Waals surface area contributed by atoms with E-state index in [-0.39, 0.29) is 22.8 Å². The molecule has 1 heterocycles. The Labute approximate surface area is 239 Å². The molecular weight excluding hydrogens is 636 g/mol. The van der Waals surface area contributed by atoms with Crippen LogP contribution >= 0.6 is 31.9 Å². The predicted molar refractivity (Wildman–Crippen MR) is 155 cm³/mol. The number of nitrogens with one attached hydrogen (secondary N) is 1. The number of nitrogens with zero attached hydrogens (tertiary/aromatic N) is 1. The van der Waals surface area contributed by atoms with Crippen LogP contribution in [0.1, 0.15) is 43.6 Å². The molecule has 1 saturated heterocycles. The van der Waals surface area contributed by atoms with Crippen molar-refractivity contribution in [2.24, 2.45) is 0 Å². The van der Waals surface area contributed by atoms with E-state index in [0.29, 0.717) is 39.0 Å². The van der Waals surface area contributed by atoms with Gasteiger partial charge < -0.3 is 14.4 Å². The SMILES string of the molecule is COc1ccc(C2CC(=O)N(c3cccc(NS(=O)(=O)c4cc(Br)ccc4Br)c3)C2)cc1OC1CCCC1. The number of anilines is 2. The molecule has 1 saturated carbocycles. The first-order chi connectivity index (χ1) is 18.2. The molecule has 0 radical (unpaired) electrons. The third kappa shape index (κ3) is 5.87. The number of hydrogen-bond donors (Lipinski definition) is 1. The van der Waals surface area contributed by atoms with Crippen LogP contribution in [0.3, 0.4) is 0 Å². The van der Waals surface area contributed by atoms with Crippen LogP contribution < -0.4 is 19.1 Å². The molecule has 1 aliphatic carbocycles. The van der Waals surface area contributed by atoms with Gasteiger partial charge in [0.2, 0.25) is 5.91 Å². The van der Waals surface area contributed by atoms with Crippen LogP contribution in [0.2, 0.25) is 0 Å². The first-order valence-electron chi connectivity index (χ1n) is 12.5. The standard InChI is InChI=1S/C28H28Br2N2O5S/c1-36-25-12-9-18(13-26(25)37-23-7-2-3-8-23)19-14-28(33)32(17-19)22-6-4-5-21(16-22)31-38(34,35)27-15-20(29)10-11-24(27)30/h4-6,9-13,15-16,19,23,31H,2-3,7-8,14,17H2,1H3. The van der Waals surface area contributed by atoms with Crippen LogP contribution in [0.15, 0.2) is 74.5 Å². The van der Waals surface area contributed by atoms with E-state index in [1.54, 1.807) is 42.3 Å². The van der Waals surface area contributed by atoms with Crippen molar-refractivity contribution in [3.63, 3.8) is 0 Å². The van der Waals surface area contributed by atoms with Gasteiger partial charge in [0, 0.05) is 33.5 Å². The summed E-state index contributed by atoms with van der Waals surface area (Å²) in [5.74, 6) is 1.38. The van der Waals surface area contributed by atoms with Crippen molar-refractivity contribution in [3.05, 3.63) is 75.2 Å². The molecule has 1 amide bonds. The van der Waals surface area contributed by atoms with E-state index in [0.717, 1.165) is 24.2 Å². The first-order valence-corrected chi connectivity index (χ1v) is 15.5. The molecule has 2 fully saturated rings. The van der Waals surface area contributed by atoms with Gasteiger partial charge >= 0.3 is 0 Å². The van der Waals surface area contributed by atoms with Gasteiger partial charge in [0.05, 0.1) is 18.9 Å².